The molecule has 0 amide bonds. The van der Waals surface area contributed by atoms with E-state index in [4.69, 9.17) is 9.72 Å². The molecule has 1 aliphatic rings. The van der Waals surface area contributed by atoms with Crippen LogP contribution < -0.4 is 0 Å². The molecule has 1 fully saturated rings. The van der Waals surface area contributed by atoms with Crippen LogP contribution in [0.2, 0.25) is 0 Å². The van der Waals surface area contributed by atoms with Gasteiger partial charge in [-0.1, -0.05) is 35.5 Å². The van der Waals surface area contributed by atoms with Crippen LogP contribution in [0.25, 0.3) is 32.5 Å². The molecule has 0 bridgehead atoms. The van der Waals surface area contributed by atoms with E-state index >= 15 is 0 Å². The normalized spacial score (nSPS) is 16.2. The number of rotatable bonds is 5. The van der Waals surface area contributed by atoms with Crippen LogP contribution in [0.5, 0.6) is 0 Å². The van der Waals surface area contributed by atoms with Crippen molar-refractivity contribution in [2.24, 2.45) is 13.0 Å². The summed E-state index contributed by atoms with van der Waals surface area (Å²) < 4.78 is 11.1. The van der Waals surface area contributed by atoms with Crippen molar-refractivity contribution in [2.75, 3.05) is 13.2 Å². The first-order valence-corrected chi connectivity index (χ1v) is 13.3. The second-order valence-corrected chi connectivity index (χ2v) is 11.4. The van der Waals surface area contributed by atoms with Crippen molar-refractivity contribution >= 4 is 32.6 Å². The Hall–Kier alpha value is -3.07. The van der Waals surface area contributed by atoms with Gasteiger partial charge in [0.25, 0.3) is 0 Å². The molecule has 1 N–H and O–H groups in total. The average molecular weight is 502 g/mol. The maximum absolute atomic E-state index is 10.9. The monoisotopic (exact) mass is 501 g/mol. The number of ether oxygens (including phenoxy) is 1. The third kappa shape index (κ3) is 3.84. The number of hydrogen-bond acceptors (Lipinski definition) is 6. The molecule has 5 aromatic rings. The van der Waals surface area contributed by atoms with Gasteiger partial charge in [-0.05, 0) is 57.2 Å². The molecular weight excluding hydrogens is 470 g/mol. The van der Waals surface area contributed by atoms with E-state index in [1.807, 2.05) is 38.7 Å². The van der Waals surface area contributed by atoms with Crippen molar-refractivity contribution in [3.05, 3.63) is 64.8 Å². The smallest absolute Gasteiger partial charge is 0.106 e. The molecule has 4 aromatic heterocycles. The third-order valence-electron chi connectivity index (χ3n) is 7.32. The zero-order valence-corrected chi connectivity index (χ0v) is 21.9. The standard InChI is InChI=1S/C28H31N5O2S/c1-17-25(32(4)31-30-17)20-14-21-24(29-16-20)27-22(15-23(36-27)28(2,3)34)33(21)26(18-8-6-5-7-9-18)19-10-12-35-13-11-19/h5-9,14-16,19,26,34H,10-13H2,1-4H3. The van der Waals surface area contributed by atoms with Crippen molar-refractivity contribution in [3.8, 4) is 11.3 Å². The summed E-state index contributed by atoms with van der Waals surface area (Å²) in [4.78, 5) is 5.94. The largest absolute Gasteiger partial charge is 0.385 e. The van der Waals surface area contributed by atoms with E-state index in [0.29, 0.717) is 5.92 Å². The minimum atomic E-state index is -0.917. The highest BCUT2D eigenvalue weighted by atomic mass is 32.1. The molecule has 0 spiro atoms. The first kappa shape index (κ1) is 23.3. The number of pyridine rings is 1. The first-order chi connectivity index (χ1) is 17.3. The summed E-state index contributed by atoms with van der Waals surface area (Å²) in [7, 11) is 1.92. The fourth-order valence-corrected chi connectivity index (χ4v) is 6.73. The molecule has 186 valence electrons. The lowest BCUT2D eigenvalue weighted by Crippen LogP contribution is -2.26. The number of fused-ring (bicyclic) bond motifs is 3. The molecule has 1 atom stereocenters. The zero-order chi connectivity index (χ0) is 25.0. The van der Waals surface area contributed by atoms with Crippen LogP contribution in [0.1, 0.15) is 48.9 Å². The molecule has 1 saturated heterocycles. The second kappa shape index (κ2) is 8.80. The quantitative estimate of drug-likeness (QED) is 0.339. The van der Waals surface area contributed by atoms with Crippen LogP contribution in [0.3, 0.4) is 0 Å². The Morgan fingerprint density at radius 1 is 1.11 bits per heavy atom. The third-order valence-corrected chi connectivity index (χ3v) is 8.76. The summed E-state index contributed by atoms with van der Waals surface area (Å²) in [6, 6.07) is 15.3. The van der Waals surface area contributed by atoms with Crippen molar-refractivity contribution in [1.29, 1.82) is 0 Å². The maximum atomic E-state index is 10.9. The van der Waals surface area contributed by atoms with Gasteiger partial charge in [0.05, 0.1) is 38.8 Å². The average Bonchev–Trinajstić information content (AvgIpc) is 3.53. The van der Waals surface area contributed by atoms with Crippen LogP contribution in [-0.2, 0) is 17.4 Å². The Labute approximate surface area is 214 Å². The Morgan fingerprint density at radius 3 is 2.53 bits per heavy atom. The van der Waals surface area contributed by atoms with Gasteiger partial charge < -0.3 is 14.4 Å². The SMILES string of the molecule is Cc1nnn(C)c1-c1cnc2c3sc(C(C)(C)O)cc3n(C(c3ccccc3)C3CCOCC3)c2c1. The number of nitrogens with zero attached hydrogens (tertiary/aromatic N) is 5. The highest BCUT2D eigenvalue weighted by Crippen LogP contribution is 2.45. The van der Waals surface area contributed by atoms with Crippen LogP contribution in [0.4, 0.5) is 0 Å². The lowest BCUT2D eigenvalue weighted by Gasteiger charge is -2.33. The van der Waals surface area contributed by atoms with E-state index in [-0.39, 0.29) is 6.04 Å². The Morgan fingerprint density at radius 2 is 1.86 bits per heavy atom. The molecule has 5 heterocycles. The summed E-state index contributed by atoms with van der Waals surface area (Å²) in [6.45, 7) is 7.23. The molecule has 7 nitrogen and oxygen atoms in total. The summed E-state index contributed by atoms with van der Waals surface area (Å²) in [5, 5.41) is 19.3. The summed E-state index contributed by atoms with van der Waals surface area (Å²) in [5.41, 5.74) is 6.40. The van der Waals surface area contributed by atoms with E-state index in [9.17, 15) is 5.11 Å². The highest BCUT2D eigenvalue weighted by molar-refractivity contribution is 7.20. The lowest BCUT2D eigenvalue weighted by atomic mass is 9.86. The van der Waals surface area contributed by atoms with Crippen molar-refractivity contribution < 1.29 is 9.84 Å². The minimum Gasteiger partial charge on any atom is -0.385 e. The topological polar surface area (TPSA) is 78.0 Å². The van der Waals surface area contributed by atoms with Crippen LogP contribution in [0.15, 0.2) is 48.7 Å². The zero-order valence-electron chi connectivity index (χ0n) is 21.1. The molecule has 36 heavy (non-hydrogen) atoms. The number of aromatic nitrogens is 5. The maximum Gasteiger partial charge on any atom is 0.106 e. The van der Waals surface area contributed by atoms with Crippen LogP contribution in [-0.4, -0.2) is 42.9 Å². The molecule has 0 saturated carbocycles. The highest BCUT2D eigenvalue weighted by Gasteiger charge is 2.32. The molecule has 1 aliphatic heterocycles. The Kier molecular flexibility index (Phi) is 5.70. The first-order valence-electron chi connectivity index (χ1n) is 12.5. The van der Waals surface area contributed by atoms with Gasteiger partial charge in [0.15, 0.2) is 0 Å². The number of hydrogen-bond donors (Lipinski definition) is 1. The van der Waals surface area contributed by atoms with Gasteiger partial charge in [-0.25, -0.2) is 4.68 Å². The van der Waals surface area contributed by atoms with Gasteiger partial charge in [-0.3, -0.25) is 4.98 Å². The fourth-order valence-electron chi connectivity index (χ4n) is 5.57. The molecule has 1 aromatic carbocycles. The van der Waals surface area contributed by atoms with E-state index in [1.54, 1.807) is 11.3 Å². The second-order valence-electron chi connectivity index (χ2n) is 10.3. The summed E-state index contributed by atoms with van der Waals surface area (Å²) in [5.74, 6) is 0.425. The Bertz CT molecular complexity index is 1520. The number of aliphatic hydroxyl groups is 1. The van der Waals surface area contributed by atoms with E-state index < -0.39 is 5.60 Å². The molecule has 8 heteroatoms. The predicted octanol–water partition coefficient (Wildman–Crippen LogP) is 5.60. The van der Waals surface area contributed by atoms with Crippen molar-refractivity contribution in [3.63, 3.8) is 0 Å². The van der Waals surface area contributed by atoms with Gasteiger partial charge >= 0.3 is 0 Å². The summed E-state index contributed by atoms with van der Waals surface area (Å²) >= 11 is 1.64. The molecule has 6 rings (SSSR count). The number of thiophene rings is 1. The van der Waals surface area contributed by atoms with Gasteiger partial charge in [0, 0.05) is 36.9 Å². The molecule has 0 aliphatic carbocycles. The molecule has 1 unspecified atom stereocenters. The van der Waals surface area contributed by atoms with E-state index in [2.05, 4.69) is 57.3 Å². The van der Waals surface area contributed by atoms with Gasteiger partial charge in [-0.2, -0.15) is 0 Å². The number of aryl methyl sites for hydroxylation is 2. The molecule has 0 radical (unpaired) electrons. The molecular formula is C28H31N5O2S. The van der Waals surface area contributed by atoms with Crippen LogP contribution in [0, 0.1) is 12.8 Å². The van der Waals surface area contributed by atoms with E-state index in [0.717, 1.165) is 69.1 Å². The van der Waals surface area contributed by atoms with Gasteiger partial charge in [-0.15, -0.1) is 16.4 Å². The predicted molar refractivity (Wildman–Crippen MR) is 143 cm³/mol. The summed E-state index contributed by atoms with van der Waals surface area (Å²) in [6.07, 6.45) is 3.93. The van der Waals surface area contributed by atoms with E-state index in [1.165, 1.54) is 5.56 Å². The van der Waals surface area contributed by atoms with Crippen LogP contribution >= 0.6 is 11.3 Å². The van der Waals surface area contributed by atoms with Crippen molar-refractivity contribution in [1.82, 2.24) is 24.5 Å². The number of benzene rings is 1. The van der Waals surface area contributed by atoms with Gasteiger partial charge in [0.1, 0.15) is 5.52 Å². The Balaban J connectivity index is 1.67. The minimum absolute atomic E-state index is 0.127. The fraction of sp³-hybridized carbons (Fsp3) is 0.393. The van der Waals surface area contributed by atoms with Gasteiger partial charge in [0.2, 0.25) is 0 Å². The van der Waals surface area contributed by atoms with Crippen molar-refractivity contribution in [2.45, 2.75) is 45.3 Å². The lowest BCUT2D eigenvalue weighted by molar-refractivity contribution is 0.0552.